The minimum absolute atomic E-state index is 0.264. The molecule has 0 spiro atoms. The number of nitrogens with two attached hydrogens (primary N) is 1. The Hall–Kier alpha value is -1.29. The van der Waals surface area contributed by atoms with Gasteiger partial charge < -0.3 is 15.4 Å². The molecular weight excluding hydrogens is 207 g/mol. The first-order valence-corrected chi connectivity index (χ1v) is 5.40. The van der Waals surface area contributed by atoms with Gasteiger partial charge in [-0.3, -0.25) is 0 Å². The van der Waals surface area contributed by atoms with E-state index in [-0.39, 0.29) is 5.82 Å². The molecule has 90 valence electrons. The molecule has 0 heterocycles. The molecule has 16 heavy (non-hydrogen) atoms. The standard InChI is InChI=1S/C12H19FN2O/c1-4-16-6-5-15(3)12-7-9(2)10(13)8-11(12)14/h7-8H,4-6,14H2,1-3H3. The van der Waals surface area contributed by atoms with Crippen molar-refractivity contribution < 1.29 is 9.13 Å². The van der Waals surface area contributed by atoms with Crippen molar-refractivity contribution in [3.05, 3.63) is 23.5 Å². The lowest BCUT2D eigenvalue weighted by Gasteiger charge is -2.21. The molecule has 1 aromatic carbocycles. The molecule has 0 amide bonds. The normalized spacial score (nSPS) is 10.5. The van der Waals surface area contributed by atoms with E-state index >= 15 is 0 Å². The molecule has 0 fully saturated rings. The summed E-state index contributed by atoms with van der Waals surface area (Å²) < 4.78 is 18.5. The zero-order valence-corrected chi connectivity index (χ0v) is 10.1. The van der Waals surface area contributed by atoms with Crippen molar-refractivity contribution in [2.45, 2.75) is 13.8 Å². The third-order valence-corrected chi connectivity index (χ3v) is 2.49. The summed E-state index contributed by atoms with van der Waals surface area (Å²) in [6, 6.07) is 3.12. The molecule has 4 heteroatoms. The van der Waals surface area contributed by atoms with E-state index in [9.17, 15) is 4.39 Å². The predicted molar refractivity (Wildman–Crippen MR) is 65.3 cm³/mol. The molecule has 1 rings (SSSR count). The second kappa shape index (κ2) is 5.70. The molecule has 0 bridgehead atoms. The summed E-state index contributed by atoms with van der Waals surface area (Å²) in [5, 5.41) is 0. The SMILES string of the molecule is CCOCCN(C)c1cc(C)c(F)cc1N. The Bertz CT molecular complexity index is 355. The minimum atomic E-state index is -0.264. The largest absolute Gasteiger partial charge is 0.397 e. The molecule has 0 atom stereocenters. The Balaban J connectivity index is 2.75. The molecule has 0 aromatic heterocycles. The summed E-state index contributed by atoms with van der Waals surface area (Å²) in [7, 11) is 1.92. The Morgan fingerprint density at radius 2 is 2.12 bits per heavy atom. The number of benzene rings is 1. The van der Waals surface area contributed by atoms with E-state index in [1.807, 2.05) is 18.9 Å². The molecule has 0 saturated heterocycles. The maximum absolute atomic E-state index is 13.2. The van der Waals surface area contributed by atoms with Crippen LogP contribution in [-0.2, 0) is 4.74 Å². The summed E-state index contributed by atoms with van der Waals surface area (Å²) in [5.74, 6) is -0.264. The Labute approximate surface area is 96.0 Å². The van der Waals surface area contributed by atoms with Crippen molar-refractivity contribution in [1.29, 1.82) is 0 Å². The Morgan fingerprint density at radius 1 is 1.44 bits per heavy atom. The maximum atomic E-state index is 13.2. The highest BCUT2D eigenvalue weighted by molar-refractivity contribution is 5.68. The van der Waals surface area contributed by atoms with Gasteiger partial charge in [-0.2, -0.15) is 0 Å². The van der Waals surface area contributed by atoms with Gasteiger partial charge in [0, 0.05) is 20.2 Å². The van der Waals surface area contributed by atoms with E-state index < -0.39 is 0 Å². The molecule has 3 nitrogen and oxygen atoms in total. The van der Waals surface area contributed by atoms with Crippen LogP contribution in [0.25, 0.3) is 0 Å². The second-order valence-corrected chi connectivity index (χ2v) is 3.78. The quantitative estimate of drug-likeness (QED) is 0.618. The Morgan fingerprint density at radius 3 is 2.75 bits per heavy atom. The van der Waals surface area contributed by atoms with Crippen LogP contribution >= 0.6 is 0 Å². The number of anilines is 2. The van der Waals surface area contributed by atoms with Crippen molar-refractivity contribution in [1.82, 2.24) is 0 Å². The number of hydrogen-bond acceptors (Lipinski definition) is 3. The van der Waals surface area contributed by atoms with Crippen LogP contribution in [0.4, 0.5) is 15.8 Å². The van der Waals surface area contributed by atoms with Crippen molar-refractivity contribution in [2.24, 2.45) is 0 Å². The molecule has 0 saturated carbocycles. The fraction of sp³-hybridized carbons (Fsp3) is 0.500. The topological polar surface area (TPSA) is 38.5 Å². The summed E-state index contributed by atoms with van der Waals surface area (Å²) >= 11 is 0. The molecule has 0 aliphatic carbocycles. The zero-order chi connectivity index (χ0) is 12.1. The second-order valence-electron chi connectivity index (χ2n) is 3.78. The highest BCUT2D eigenvalue weighted by Crippen LogP contribution is 2.25. The number of ether oxygens (including phenoxy) is 1. The van der Waals surface area contributed by atoms with Crippen LogP contribution in [0.5, 0.6) is 0 Å². The van der Waals surface area contributed by atoms with Gasteiger partial charge in [0.2, 0.25) is 0 Å². The average molecular weight is 226 g/mol. The highest BCUT2D eigenvalue weighted by Gasteiger charge is 2.08. The average Bonchev–Trinajstić information content (AvgIpc) is 2.23. The van der Waals surface area contributed by atoms with Gasteiger partial charge in [0.15, 0.2) is 0 Å². The van der Waals surface area contributed by atoms with Gasteiger partial charge >= 0.3 is 0 Å². The number of halogens is 1. The predicted octanol–water partition coefficient (Wildman–Crippen LogP) is 2.19. The number of nitrogens with zero attached hydrogens (tertiary/aromatic N) is 1. The van der Waals surface area contributed by atoms with Crippen molar-refractivity contribution >= 4 is 11.4 Å². The lowest BCUT2D eigenvalue weighted by atomic mass is 10.1. The molecule has 0 radical (unpaired) electrons. The number of aryl methyl sites for hydroxylation is 1. The first kappa shape index (κ1) is 12.8. The smallest absolute Gasteiger partial charge is 0.128 e. The highest BCUT2D eigenvalue weighted by atomic mass is 19.1. The molecule has 0 aliphatic heterocycles. The molecule has 1 aromatic rings. The fourth-order valence-electron chi connectivity index (χ4n) is 1.48. The number of rotatable bonds is 5. The molecule has 0 aliphatic rings. The van der Waals surface area contributed by atoms with Gasteiger partial charge in [-0.05, 0) is 31.5 Å². The van der Waals surface area contributed by atoms with Crippen molar-refractivity contribution in [3.63, 3.8) is 0 Å². The van der Waals surface area contributed by atoms with E-state index in [1.165, 1.54) is 6.07 Å². The third-order valence-electron chi connectivity index (χ3n) is 2.49. The van der Waals surface area contributed by atoms with Crippen LogP contribution in [-0.4, -0.2) is 26.8 Å². The Kier molecular flexibility index (Phi) is 4.55. The summed E-state index contributed by atoms with van der Waals surface area (Å²) in [4.78, 5) is 1.97. The van der Waals surface area contributed by atoms with Crippen LogP contribution < -0.4 is 10.6 Å². The van der Waals surface area contributed by atoms with Gasteiger partial charge in [-0.15, -0.1) is 0 Å². The van der Waals surface area contributed by atoms with E-state index in [0.717, 1.165) is 12.2 Å². The third kappa shape index (κ3) is 3.10. The van der Waals surface area contributed by atoms with Gasteiger partial charge in [0.05, 0.1) is 18.0 Å². The monoisotopic (exact) mass is 226 g/mol. The number of likely N-dealkylation sites (N-methyl/N-ethyl adjacent to an activating group) is 1. The van der Waals surface area contributed by atoms with Crippen LogP contribution in [0.15, 0.2) is 12.1 Å². The fourth-order valence-corrected chi connectivity index (χ4v) is 1.48. The van der Waals surface area contributed by atoms with E-state index in [1.54, 1.807) is 13.0 Å². The number of nitrogen functional groups attached to an aromatic ring is 1. The van der Waals surface area contributed by atoms with Gasteiger partial charge in [0.1, 0.15) is 5.82 Å². The van der Waals surface area contributed by atoms with Gasteiger partial charge in [0.25, 0.3) is 0 Å². The molecular formula is C12H19FN2O. The first-order valence-electron chi connectivity index (χ1n) is 5.40. The van der Waals surface area contributed by atoms with Crippen LogP contribution in [0, 0.1) is 12.7 Å². The zero-order valence-electron chi connectivity index (χ0n) is 10.1. The molecule has 2 N–H and O–H groups in total. The lowest BCUT2D eigenvalue weighted by Crippen LogP contribution is -2.23. The van der Waals surface area contributed by atoms with Crippen molar-refractivity contribution in [2.75, 3.05) is 37.4 Å². The summed E-state index contributed by atoms with van der Waals surface area (Å²) in [6.07, 6.45) is 0. The van der Waals surface area contributed by atoms with Crippen LogP contribution in [0.1, 0.15) is 12.5 Å². The maximum Gasteiger partial charge on any atom is 0.128 e. The molecule has 0 unspecified atom stereocenters. The van der Waals surface area contributed by atoms with Gasteiger partial charge in [-0.1, -0.05) is 0 Å². The van der Waals surface area contributed by atoms with Crippen molar-refractivity contribution in [3.8, 4) is 0 Å². The number of hydrogen-bond donors (Lipinski definition) is 1. The van der Waals surface area contributed by atoms with E-state index in [4.69, 9.17) is 10.5 Å². The first-order chi connectivity index (χ1) is 7.56. The van der Waals surface area contributed by atoms with Crippen LogP contribution in [0.3, 0.4) is 0 Å². The van der Waals surface area contributed by atoms with Crippen LogP contribution in [0.2, 0.25) is 0 Å². The summed E-state index contributed by atoms with van der Waals surface area (Å²) in [6.45, 7) is 5.77. The van der Waals surface area contributed by atoms with Gasteiger partial charge in [-0.25, -0.2) is 4.39 Å². The van der Waals surface area contributed by atoms with E-state index in [2.05, 4.69) is 0 Å². The minimum Gasteiger partial charge on any atom is -0.397 e. The van der Waals surface area contributed by atoms with E-state index in [0.29, 0.717) is 24.5 Å². The lowest BCUT2D eigenvalue weighted by molar-refractivity contribution is 0.154. The summed E-state index contributed by atoms with van der Waals surface area (Å²) in [5.41, 5.74) is 7.68.